The summed E-state index contributed by atoms with van der Waals surface area (Å²) in [6.07, 6.45) is 2.27. The third-order valence-electron chi connectivity index (χ3n) is 2.08. The summed E-state index contributed by atoms with van der Waals surface area (Å²) in [4.78, 5) is 29.2. The van der Waals surface area contributed by atoms with Crippen LogP contribution in [0, 0.1) is 10.1 Å². The van der Waals surface area contributed by atoms with Gasteiger partial charge in [-0.05, 0) is 14.6 Å². The molecule has 0 radical (unpaired) electrons. The van der Waals surface area contributed by atoms with Gasteiger partial charge in [-0.1, -0.05) is 18.9 Å². The second-order valence-corrected chi connectivity index (χ2v) is 3.72. The Morgan fingerprint density at radius 2 is 2.22 bits per heavy atom. The summed E-state index contributed by atoms with van der Waals surface area (Å²) in [7, 11) is 0. The van der Waals surface area contributed by atoms with Gasteiger partial charge in [-0.2, -0.15) is 4.68 Å². The summed E-state index contributed by atoms with van der Waals surface area (Å²) >= 11 is 0. The first-order valence-corrected chi connectivity index (χ1v) is 5.01. The van der Waals surface area contributed by atoms with E-state index in [0.29, 0.717) is 4.68 Å². The van der Waals surface area contributed by atoms with E-state index in [9.17, 15) is 14.9 Å². The number of hydrogen-bond donors (Lipinski definition) is 0. The van der Waals surface area contributed by atoms with Crippen LogP contribution in [-0.2, 0) is 0 Å². The summed E-state index contributed by atoms with van der Waals surface area (Å²) in [6, 6.07) is -0.807. The fraction of sp³-hybridized carbons (Fsp3) is 0.375. The van der Waals surface area contributed by atoms with E-state index < -0.39 is 16.9 Å². The Kier molecular flexibility index (Phi) is 2.83. The predicted octanol–water partition coefficient (Wildman–Crippen LogP) is 0.418. The summed E-state index contributed by atoms with van der Waals surface area (Å²) in [5.74, 6) is -0.553. The summed E-state index contributed by atoms with van der Waals surface area (Å²) in [6.45, 7) is 3.53. The van der Waals surface area contributed by atoms with E-state index in [0.717, 1.165) is 17.3 Å². The molecular weight excluding hydrogens is 242 g/mol. The van der Waals surface area contributed by atoms with Crippen molar-refractivity contribution >= 4 is 12.0 Å². The van der Waals surface area contributed by atoms with Crippen molar-refractivity contribution in [2.75, 3.05) is 0 Å². The van der Waals surface area contributed by atoms with Crippen molar-refractivity contribution in [1.82, 2.24) is 29.5 Å². The molecule has 94 valence electrons. The van der Waals surface area contributed by atoms with Crippen LogP contribution in [0.5, 0.6) is 0 Å². The van der Waals surface area contributed by atoms with Gasteiger partial charge in [0.15, 0.2) is 0 Å². The van der Waals surface area contributed by atoms with Crippen LogP contribution in [0.25, 0.3) is 0 Å². The lowest BCUT2D eigenvalue weighted by molar-refractivity contribution is -0.395. The highest BCUT2D eigenvalue weighted by Crippen LogP contribution is 2.15. The largest absolute Gasteiger partial charge is 0.465 e. The Labute approximate surface area is 100 Å². The number of carbonyl (C=O) groups excluding carboxylic acids is 1. The highest BCUT2D eigenvalue weighted by molar-refractivity contribution is 5.78. The van der Waals surface area contributed by atoms with Gasteiger partial charge >= 0.3 is 12.0 Å². The second-order valence-electron chi connectivity index (χ2n) is 3.72. The molecule has 2 heterocycles. The molecular formula is C8H9N7O3. The van der Waals surface area contributed by atoms with E-state index in [1.54, 1.807) is 13.8 Å². The normalized spacial score (nSPS) is 10.8. The van der Waals surface area contributed by atoms with Gasteiger partial charge in [0.25, 0.3) is 0 Å². The van der Waals surface area contributed by atoms with E-state index in [1.165, 1.54) is 0 Å². The van der Waals surface area contributed by atoms with Crippen LogP contribution < -0.4 is 0 Å². The van der Waals surface area contributed by atoms with Crippen molar-refractivity contribution in [3.8, 4) is 0 Å². The van der Waals surface area contributed by atoms with Crippen molar-refractivity contribution < 1.29 is 9.72 Å². The monoisotopic (exact) mass is 251 g/mol. The first kappa shape index (κ1) is 11.8. The van der Waals surface area contributed by atoms with Gasteiger partial charge in [0, 0.05) is 5.92 Å². The SMILES string of the molecule is CC(C)c1nc([N+](=O)[O-])n(C(=O)n2cncn2)n1. The van der Waals surface area contributed by atoms with Crippen molar-refractivity contribution in [3.05, 3.63) is 28.6 Å². The number of nitrogens with zero attached hydrogens (tertiary/aromatic N) is 7. The number of nitro groups is 1. The minimum atomic E-state index is -0.807. The maximum Gasteiger partial charge on any atom is 0.465 e. The lowest BCUT2D eigenvalue weighted by atomic mass is 10.2. The molecule has 2 aromatic rings. The molecule has 0 aliphatic carbocycles. The minimum Gasteiger partial charge on any atom is -0.390 e. The lowest BCUT2D eigenvalue weighted by Crippen LogP contribution is -2.22. The third kappa shape index (κ3) is 1.95. The van der Waals surface area contributed by atoms with Gasteiger partial charge in [0.2, 0.25) is 5.82 Å². The Hall–Kier alpha value is -2.65. The number of rotatable bonds is 2. The van der Waals surface area contributed by atoms with E-state index in [1.807, 2.05) is 0 Å². The highest BCUT2D eigenvalue weighted by Gasteiger charge is 2.29. The van der Waals surface area contributed by atoms with Gasteiger partial charge in [0.1, 0.15) is 12.7 Å². The van der Waals surface area contributed by atoms with E-state index in [4.69, 9.17) is 0 Å². The quantitative estimate of drug-likeness (QED) is 0.559. The summed E-state index contributed by atoms with van der Waals surface area (Å²) < 4.78 is 1.44. The molecule has 0 aromatic carbocycles. The molecule has 2 aromatic heterocycles. The number of carbonyl (C=O) groups is 1. The van der Waals surface area contributed by atoms with Crippen molar-refractivity contribution in [1.29, 1.82) is 0 Å². The van der Waals surface area contributed by atoms with Crippen LogP contribution >= 0.6 is 0 Å². The summed E-state index contributed by atoms with van der Waals surface area (Å²) in [5, 5.41) is 18.2. The second kappa shape index (κ2) is 4.31. The molecule has 2 rings (SSSR count). The molecule has 0 aliphatic heterocycles. The molecule has 10 nitrogen and oxygen atoms in total. The van der Waals surface area contributed by atoms with Crippen molar-refractivity contribution in [2.45, 2.75) is 19.8 Å². The Morgan fingerprint density at radius 1 is 1.50 bits per heavy atom. The van der Waals surface area contributed by atoms with Gasteiger partial charge in [0.05, 0.1) is 0 Å². The van der Waals surface area contributed by atoms with Gasteiger partial charge < -0.3 is 10.1 Å². The van der Waals surface area contributed by atoms with Crippen LogP contribution in [-0.4, -0.2) is 40.5 Å². The highest BCUT2D eigenvalue weighted by atomic mass is 16.6. The maximum atomic E-state index is 11.9. The average Bonchev–Trinajstić information content (AvgIpc) is 2.97. The van der Waals surface area contributed by atoms with Gasteiger partial charge in [-0.25, -0.2) is 9.78 Å². The van der Waals surface area contributed by atoms with Crippen LogP contribution in [0.3, 0.4) is 0 Å². The number of aromatic nitrogens is 6. The fourth-order valence-corrected chi connectivity index (χ4v) is 1.21. The molecule has 0 unspecified atom stereocenters. The lowest BCUT2D eigenvalue weighted by Gasteiger charge is -1.96. The van der Waals surface area contributed by atoms with Crippen LogP contribution in [0.4, 0.5) is 10.7 Å². The average molecular weight is 251 g/mol. The molecule has 0 bridgehead atoms. The molecule has 0 saturated heterocycles. The molecule has 0 spiro atoms. The van der Waals surface area contributed by atoms with Crippen molar-refractivity contribution in [3.63, 3.8) is 0 Å². The Balaban J connectivity index is 2.49. The Bertz CT molecular complexity index is 586. The third-order valence-corrected chi connectivity index (χ3v) is 2.08. The molecule has 18 heavy (non-hydrogen) atoms. The van der Waals surface area contributed by atoms with E-state index in [2.05, 4.69) is 20.2 Å². The van der Waals surface area contributed by atoms with Crippen LogP contribution in [0.15, 0.2) is 12.7 Å². The molecule has 0 fully saturated rings. The zero-order valence-electron chi connectivity index (χ0n) is 9.59. The first-order chi connectivity index (χ1) is 8.50. The molecule has 0 aliphatic rings. The van der Waals surface area contributed by atoms with Crippen LogP contribution in [0.1, 0.15) is 25.6 Å². The first-order valence-electron chi connectivity index (χ1n) is 5.01. The van der Waals surface area contributed by atoms with Gasteiger partial charge in [-0.3, -0.25) is 0 Å². The smallest absolute Gasteiger partial charge is 0.390 e. The fourth-order valence-electron chi connectivity index (χ4n) is 1.21. The summed E-state index contributed by atoms with van der Waals surface area (Å²) in [5.41, 5.74) is 0. The predicted molar refractivity (Wildman–Crippen MR) is 57.0 cm³/mol. The topological polar surface area (TPSA) is 122 Å². The van der Waals surface area contributed by atoms with E-state index >= 15 is 0 Å². The molecule has 10 heteroatoms. The minimum absolute atomic E-state index is 0.131. The zero-order valence-corrected chi connectivity index (χ0v) is 9.59. The van der Waals surface area contributed by atoms with Gasteiger partial charge in [-0.15, -0.1) is 5.10 Å². The Morgan fingerprint density at radius 3 is 2.72 bits per heavy atom. The number of hydrogen-bond acceptors (Lipinski definition) is 7. The maximum absolute atomic E-state index is 11.9. The standard InChI is InChI=1S/C8H9N7O3/c1-5(2)6-11-7(15(17)18)14(12-6)8(16)13-4-9-3-10-13/h3-5H,1-2H3. The molecule has 0 atom stereocenters. The van der Waals surface area contributed by atoms with Crippen LogP contribution in [0.2, 0.25) is 0 Å². The molecule has 0 N–H and O–H groups in total. The molecule has 0 saturated carbocycles. The zero-order chi connectivity index (χ0) is 13.3. The molecule has 0 amide bonds. The van der Waals surface area contributed by atoms with Crippen molar-refractivity contribution in [2.24, 2.45) is 0 Å². The van der Waals surface area contributed by atoms with E-state index in [-0.39, 0.29) is 11.7 Å².